The standard InChI is InChI=1S/C20H21NO3/c1-5-12(2)18-20(4,13(3)22)16-17(23)15(11-21-19(16)24-18)14-9-7-6-8-10-14/h5-11,18H,1-4H3,(H,21,23)/b12-5+. The highest BCUT2D eigenvalue weighted by Crippen LogP contribution is 2.43. The van der Waals surface area contributed by atoms with E-state index in [0.717, 1.165) is 11.1 Å². The molecule has 24 heavy (non-hydrogen) atoms. The molecule has 0 radical (unpaired) electrons. The number of nitrogens with one attached hydrogen (secondary N) is 1. The largest absolute Gasteiger partial charge is 0.469 e. The second-order valence-corrected chi connectivity index (χ2v) is 6.39. The third kappa shape index (κ3) is 2.21. The minimum Gasteiger partial charge on any atom is -0.469 e. The van der Waals surface area contributed by atoms with E-state index in [1.807, 2.05) is 50.3 Å². The maximum absolute atomic E-state index is 13.2. The summed E-state index contributed by atoms with van der Waals surface area (Å²) in [6.45, 7) is 7.13. The Morgan fingerprint density at radius 1 is 1.25 bits per heavy atom. The van der Waals surface area contributed by atoms with Crippen molar-refractivity contribution in [1.29, 1.82) is 0 Å². The van der Waals surface area contributed by atoms with Gasteiger partial charge in [0, 0.05) is 11.8 Å². The second-order valence-electron chi connectivity index (χ2n) is 6.39. The van der Waals surface area contributed by atoms with Gasteiger partial charge < -0.3 is 9.72 Å². The van der Waals surface area contributed by atoms with Gasteiger partial charge in [-0.3, -0.25) is 9.59 Å². The number of aromatic amines is 1. The maximum Gasteiger partial charge on any atom is 0.199 e. The molecule has 0 saturated heterocycles. The van der Waals surface area contributed by atoms with Crippen LogP contribution >= 0.6 is 0 Å². The second kappa shape index (κ2) is 5.78. The Kier molecular flexibility index (Phi) is 3.91. The van der Waals surface area contributed by atoms with E-state index in [1.165, 1.54) is 6.92 Å². The fraction of sp³-hybridized carbons (Fsp3) is 0.300. The summed E-state index contributed by atoms with van der Waals surface area (Å²) in [5, 5.41) is 0. The molecular weight excluding hydrogens is 302 g/mol. The first-order valence-electron chi connectivity index (χ1n) is 8.03. The Balaban J connectivity index is 2.27. The van der Waals surface area contributed by atoms with Crippen molar-refractivity contribution in [2.24, 2.45) is 0 Å². The molecule has 1 aliphatic heterocycles. The van der Waals surface area contributed by atoms with E-state index in [-0.39, 0.29) is 11.2 Å². The number of fused-ring (bicyclic) bond motifs is 1. The summed E-state index contributed by atoms with van der Waals surface area (Å²) in [5.74, 6) is 0.312. The fourth-order valence-electron chi connectivity index (χ4n) is 3.34. The molecule has 0 fully saturated rings. The molecule has 2 atom stereocenters. The molecule has 0 spiro atoms. The minimum absolute atomic E-state index is 0.0804. The topological polar surface area (TPSA) is 59.2 Å². The lowest BCUT2D eigenvalue weighted by molar-refractivity contribution is -0.123. The zero-order valence-electron chi connectivity index (χ0n) is 14.3. The number of hydrogen-bond acceptors (Lipinski definition) is 3. The smallest absolute Gasteiger partial charge is 0.199 e. The molecule has 4 heteroatoms. The summed E-state index contributed by atoms with van der Waals surface area (Å²) >= 11 is 0. The number of allylic oxidation sites excluding steroid dienone is 1. The van der Waals surface area contributed by atoms with Crippen LogP contribution in [0.15, 0.2) is 53.0 Å². The molecule has 0 saturated carbocycles. The van der Waals surface area contributed by atoms with E-state index >= 15 is 0 Å². The van der Waals surface area contributed by atoms with Crippen molar-refractivity contribution in [1.82, 2.24) is 4.98 Å². The summed E-state index contributed by atoms with van der Waals surface area (Å²) in [4.78, 5) is 28.7. The van der Waals surface area contributed by atoms with Gasteiger partial charge in [0.25, 0.3) is 0 Å². The summed E-state index contributed by atoms with van der Waals surface area (Å²) in [6.07, 6.45) is 3.11. The number of pyridine rings is 1. The third-order valence-electron chi connectivity index (χ3n) is 5.01. The van der Waals surface area contributed by atoms with Crippen molar-refractivity contribution < 1.29 is 9.53 Å². The monoisotopic (exact) mass is 323 g/mol. The highest BCUT2D eigenvalue weighted by Gasteiger charge is 2.52. The highest BCUT2D eigenvalue weighted by atomic mass is 16.5. The van der Waals surface area contributed by atoms with Crippen LogP contribution in [0.2, 0.25) is 0 Å². The molecule has 0 amide bonds. The average Bonchev–Trinajstić information content (AvgIpc) is 2.90. The van der Waals surface area contributed by atoms with Crippen LogP contribution in [-0.4, -0.2) is 16.9 Å². The number of hydrogen-bond donors (Lipinski definition) is 1. The van der Waals surface area contributed by atoms with Gasteiger partial charge in [0.15, 0.2) is 11.3 Å². The fourth-order valence-corrected chi connectivity index (χ4v) is 3.34. The Morgan fingerprint density at radius 3 is 2.50 bits per heavy atom. The Labute approximate surface area is 141 Å². The SMILES string of the molecule is C/C=C(\C)C1Oc2[nH]cc(-c3ccccc3)c(=O)c2C1(C)C(C)=O. The molecule has 2 unspecified atom stereocenters. The number of benzene rings is 1. The maximum atomic E-state index is 13.2. The quantitative estimate of drug-likeness (QED) is 0.878. The van der Waals surface area contributed by atoms with Gasteiger partial charge in [0.05, 0.1) is 5.56 Å². The van der Waals surface area contributed by atoms with Crippen molar-refractivity contribution in [3.63, 3.8) is 0 Å². The zero-order valence-corrected chi connectivity index (χ0v) is 14.3. The van der Waals surface area contributed by atoms with Crippen molar-refractivity contribution in [3.8, 4) is 17.0 Å². The van der Waals surface area contributed by atoms with Gasteiger partial charge in [-0.1, -0.05) is 36.4 Å². The first kappa shape index (κ1) is 16.2. The molecule has 2 aromatic rings. The lowest BCUT2D eigenvalue weighted by Gasteiger charge is -2.27. The number of H-pyrrole nitrogens is 1. The predicted octanol–water partition coefficient (Wildman–Crippen LogP) is 3.62. The molecule has 1 N–H and O–H groups in total. The van der Waals surface area contributed by atoms with E-state index in [2.05, 4.69) is 4.98 Å². The Morgan fingerprint density at radius 2 is 1.92 bits per heavy atom. The number of rotatable bonds is 3. The zero-order chi connectivity index (χ0) is 17.5. The molecule has 4 nitrogen and oxygen atoms in total. The first-order valence-corrected chi connectivity index (χ1v) is 8.03. The molecule has 1 aliphatic rings. The van der Waals surface area contributed by atoms with Crippen LogP contribution in [0.3, 0.4) is 0 Å². The number of ether oxygens (including phenoxy) is 1. The number of aromatic nitrogens is 1. The van der Waals surface area contributed by atoms with Crippen molar-refractivity contribution in [3.05, 3.63) is 64.0 Å². The van der Waals surface area contributed by atoms with Crippen LogP contribution in [0, 0.1) is 0 Å². The summed E-state index contributed by atoms with van der Waals surface area (Å²) < 4.78 is 5.96. The van der Waals surface area contributed by atoms with Crippen molar-refractivity contribution >= 4 is 5.78 Å². The normalized spacial score (nSPS) is 22.8. The van der Waals surface area contributed by atoms with E-state index in [1.54, 1.807) is 13.1 Å². The third-order valence-corrected chi connectivity index (χ3v) is 5.01. The van der Waals surface area contributed by atoms with Gasteiger partial charge in [-0.15, -0.1) is 0 Å². The lowest BCUT2D eigenvalue weighted by atomic mass is 9.73. The lowest BCUT2D eigenvalue weighted by Crippen LogP contribution is -2.44. The summed E-state index contributed by atoms with van der Waals surface area (Å²) in [5.41, 5.74) is 1.56. The highest BCUT2D eigenvalue weighted by molar-refractivity contribution is 5.91. The molecular formula is C20H21NO3. The van der Waals surface area contributed by atoms with E-state index in [9.17, 15) is 9.59 Å². The number of carbonyl (C=O) groups excluding carboxylic acids is 1. The molecule has 0 aliphatic carbocycles. The van der Waals surface area contributed by atoms with E-state index < -0.39 is 11.5 Å². The predicted molar refractivity (Wildman–Crippen MR) is 94.4 cm³/mol. The van der Waals surface area contributed by atoms with Crippen molar-refractivity contribution in [2.45, 2.75) is 39.2 Å². The first-order chi connectivity index (χ1) is 11.4. The van der Waals surface area contributed by atoms with Gasteiger partial charge in [0.1, 0.15) is 17.3 Å². The summed E-state index contributed by atoms with van der Waals surface area (Å²) in [6, 6.07) is 9.43. The molecule has 1 aromatic carbocycles. The van der Waals surface area contributed by atoms with E-state index in [4.69, 9.17) is 4.74 Å². The minimum atomic E-state index is -0.996. The average molecular weight is 323 g/mol. The molecule has 1 aromatic heterocycles. The molecule has 124 valence electrons. The van der Waals surface area contributed by atoms with Gasteiger partial charge in [0.2, 0.25) is 0 Å². The number of ketones is 1. The Bertz CT molecular complexity index is 880. The molecule has 2 heterocycles. The van der Waals surface area contributed by atoms with Gasteiger partial charge in [-0.2, -0.15) is 0 Å². The van der Waals surface area contributed by atoms with Crippen LogP contribution in [0.1, 0.15) is 33.3 Å². The summed E-state index contributed by atoms with van der Waals surface area (Å²) in [7, 11) is 0. The van der Waals surface area contributed by atoms with Crippen LogP contribution in [0.5, 0.6) is 5.88 Å². The molecule has 0 bridgehead atoms. The number of Topliss-reactive ketones (excluding diaryl/α,β-unsaturated/α-hetero) is 1. The van der Waals surface area contributed by atoms with Crippen LogP contribution in [0.25, 0.3) is 11.1 Å². The van der Waals surface area contributed by atoms with Crippen LogP contribution in [-0.2, 0) is 10.2 Å². The van der Waals surface area contributed by atoms with Gasteiger partial charge in [-0.05, 0) is 38.8 Å². The van der Waals surface area contributed by atoms with Crippen LogP contribution < -0.4 is 10.2 Å². The van der Waals surface area contributed by atoms with Gasteiger partial charge >= 0.3 is 0 Å². The van der Waals surface area contributed by atoms with E-state index in [0.29, 0.717) is 17.0 Å². The Hall–Kier alpha value is -2.62. The van der Waals surface area contributed by atoms with Gasteiger partial charge in [-0.25, -0.2) is 0 Å². The van der Waals surface area contributed by atoms with Crippen LogP contribution in [0.4, 0.5) is 0 Å². The number of carbonyl (C=O) groups is 1. The molecule has 3 rings (SSSR count). The van der Waals surface area contributed by atoms with Crippen molar-refractivity contribution in [2.75, 3.05) is 0 Å².